The maximum absolute atomic E-state index is 13.1. The highest BCUT2D eigenvalue weighted by atomic mass is 16.2. The molecular weight excluding hydrogens is 414 g/mol. The molecule has 3 aromatic rings. The zero-order valence-electron chi connectivity index (χ0n) is 18.5. The molecule has 2 aliphatic rings. The molecule has 0 atom stereocenters. The molecule has 3 heterocycles. The van der Waals surface area contributed by atoms with Crippen molar-refractivity contribution < 1.29 is 9.59 Å². The van der Waals surface area contributed by atoms with E-state index in [1.165, 1.54) is 5.01 Å². The number of nitrogens with zero attached hydrogens (tertiary/aromatic N) is 5. The van der Waals surface area contributed by atoms with Crippen LogP contribution in [0.15, 0.2) is 78.2 Å². The molecule has 7 heteroatoms. The summed E-state index contributed by atoms with van der Waals surface area (Å²) in [5.74, 6) is 1.35. The summed E-state index contributed by atoms with van der Waals surface area (Å²) >= 11 is 0. The number of carbonyl (C=O) groups is 2. The molecule has 2 aromatic carbocycles. The Kier molecular flexibility index (Phi) is 6.02. The van der Waals surface area contributed by atoms with Gasteiger partial charge in [0.2, 0.25) is 5.91 Å². The minimum absolute atomic E-state index is 0.0468. The van der Waals surface area contributed by atoms with Crippen LogP contribution in [0.25, 0.3) is 11.4 Å². The van der Waals surface area contributed by atoms with Crippen molar-refractivity contribution >= 4 is 23.2 Å². The highest BCUT2D eigenvalue weighted by molar-refractivity contribution is 6.40. The van der Waals surface area contributed by atoms with Crippen molar-refractivity contribution in [3.63, 3.8) is 0 Å². The number of benzene rings is 2. The first-order valence-electron chi connectivity index (χ1n) is 11.5. The van der Waals surface area contributed by atoms with Crippen LogP contribution < -0.4 is 5.01 Å². The van der Waals surface area contributed by atoms with Gasteiger partial charge >= 0.3 is 0 Å². The minimum Gasteiger partial charge on any atom is -0.338 e. The number of carbonyl (C=O) groups excluding carboxylic acids is 2. The van der Waals surface area contributed by atoms with Gasteiger partial charge in [0.05, 0.1) is 5.69 Å². The van der Waals surface area contributed by atoms with Crippen LogP contribution >= 0.6 is 0 Å². The van der Waals surface area contributed by atoms with Crippen molar-refractivity contribution in [2.24, 2.45) is 11.0 Å². The SMILES string of the molecule is O=C(C1=NN(c2ccccc2)C(=O)CC1)N1CCC(Cn2ccnc2-c2ccccc2)CC1. The summed E-state index contributed by atoms with van der Waals surface area (Å²) in [4.78, 5) is 31.9. The van der Waals surface area contributed by atoms with Gasteiger partial charge in [-0.2, -0.15) is 5.10 Å². The summed E-state index contributed by atoms with van der Waals surface area (Å²) < 4.78 is 2.21. The molecule has 0 aliphatic carbocycles. The molecule has 1 fully saturated rings. The van der Waals surface area contributed by atoms with E-state index in [9.17, 15) is 9.59 Å². The van der Waals surface area contributed by atoms with Crippen LogP contribution in [0, 0.1) is 5.92 Å². The Morgan fingerprint density at radius 1 is 0.939 bits per heavy atom. The number of aromatic nitrogens is 2. The molecule has 0 bridgehead atoms. The Morgan fingerprint density at radius 2 is 1.64 bits per heavy atom. The van der Waals surface area contributed by atoms with Gasteiger partial charge in [0.25, 0.3) is 5.91 Å². The highest BCUT2D eigenvalue weighted by Crippen LogP contribution is 2.25. The van der Waals surface area contributed by atoms with Crippen LogP contribution in [0.2, 0.25) is 0 Å². The quantitative estimate of drug-likeness (QED) is 0.602. The number of likely N-dealkylation sites (tertiary alicyclic amines) is 1. The predicted molar refractivity (Wildman–Crippen MR) is 128 cm³/mol. The van der Waals surface area contributed by atoms with Crippen molar-refractivity contribution in [3.8, 4) is 11.4 Å². The van der Waals surface area contributed by atoms with E-state index in [2.05, 4.69) is 26.8 Å². The van der Waals surface area contributed by atoms with E-state index in [0.717, 1.165) is 30.8 Å². The number of para-hydroxylation sites is 1. The van der Waals surface area contributed by atoms with Crippen LogP contribution in [0.5, 0.6) is 0 Å². The van der Waals surface area contributed by atoms with Gasteiger partial charge in [-0.25, -0.2) is 9.99 Å². The summed E-state index contributed by atoms with van der Waals surface area (Å²) in [6.45, 7) is 2.30. The van der Waals surface area contributed by atoms with Crippen molar-refractivity contribution in [2.45, 2.75) is 32.2 Å². The maximum Gasteiger partial charge on any atom is 0.270 e. The summed E-state index contributed by atoms with van der Waals surface area (Å²) in [6, 6.07) is 19.5. The second kappa shape index (κ2) is 9.40. The van der Waals surface area contributed by atoms with Crippen LogP contribution in [-0.4, -0.2) is 45.1 Å². The molecule has 0 spiro atoms. The van der Waals surface area contributed by atoms with Crippen molar-refractivity contribution in [2.75, 3.05) is 18.1 Å². The predicted octanol–water partition coefficient (Wildman–Crippen LogP) is 3.97. The fraction of sp³-hybridized carbons (Fsp3) is 0.308. The largest absolute Gasteiger partial charge is 0.338 e. The second-order valence-corrected chi connectivity index (χ2v) is 8.59. The molecular formula is C26H27N5O2. The zero-order valence-corrected chi connectivity index (χ0v) is 18.5. The lowest BCUT2D eigenvalue weighted by Crippen LogP contribution is -2.45. The highest BCUT2D eigenvalue weighted by Gasteiger charge is 2.30. The number of hydrazone groups is 1. The summed E-state index contributed by atoms with van der Waals surface area (Å²) in [5.41, 5.74) is 2.28. The van der Waals surface area contributed by atoms with Gasteiger partial charge in [0, 0.05) is 50.4 Å². The zero-order chi connectivity index (χ0) is 22.6. The maximum atomic E-state index is 13.1. The van der Waals surface area contributed by atoms with Crippen LogP contribution in [0.4, 0.5) is 5.69 Å². The molecule has 7 nitrogen and oxygen atoms in total. The molecule has 0 radical (unpaired) electrons. The number of hydrogen-bond donors (Lipinski definition) is 0. The van der Waals surface area contributed by atoms with Gasteiger partial charge in [0.15, 0.2) is 0 Å². The average Bonchev–Trinajstić information content (AvgIpc) is 3.33. The van der Waals surface area contributed by atoms with Crippen LogP contribution in [-0.2, 0) is 16.1 Å². The fourth-order valence-corrected chi connectivity index (χ4v) is 4.56. The lowest BCUT2D eigenvalue weighted by atomic mass is 9.96. The van der Waals surface area contributed by atoms with Gasteiger partial charge < -0.3 is 9.47 Å². The number of piperidine rings is 1. The molecule has 168 valence electrons. The number of hydrogen-bond acceptors (Lipinski definition) is 4. The monoisotopic (exact) mass is 441 g/mol. The van der Waals surface area contributed by atoms with Crippen molar-refractivity contribution in [3.05, 3.63) is 73.1 Å². The summed E-state index contributed by atoms with van der Waals surface area (Å²) in [7, 11) is 0. The third-order valence-electron chi connectivity index (χ3n) is 6.38. The van der Waals surface area contributed by atoms with Crippen LogP contribution in [0.3, 0.4) is 0 Å². The smallest absolute Gasteiger partial charge is 0.270 e. The molecule has 0 N–H and O–H groups in total. The van der Waals surface area contributed by atoms with Gasteiger partial charge in [-0.05, 0) is 30.9 Å². The van der Waals surface area contributed by atoms with E-state index in [1.54, 1.807) is 0 Å². The van der Waals surface area contributed by atoms with Gasteiger partial charge in [0.1, 0.15) is 11.5 Å². The lowest BCUT2D eigenvalue weighted by molar-refractivity contribution is -0.125. The van der Waals surface area contributed by atoms with E-state index in [4.69, 9.17) is 0 Å². The Balaban J connectivity index is 1.22. The van der Waals surface area contributed by atoms with E-state index in [1.807, 2.05) is 65.8 Å². The third-order valence-corrected chi connectivity index (χ3v) is 6.38. The van der Waals surface area contributed by atoms with Gasteiger partial charge in [-0.3, -0.25) is 9.59 Å². The van der Waals surface area contributed by atoms with Crippen molar-refractivity contribution in [1.82, 2.24) is 14.5 Å². The third kappa shape index (κ3) is 4.58. The van der Waals surface area contributed by atoms with E-state index in [-0.39, 0.29) is 11.8 Å². The summed E-state index contributed by atoms with van der Waals surface area (Å²) in [5, 5.41) is 5.80. The molecule has 2 amide bonds. The average molecular weight is 442 g/mol. The van der Waals surface area contributed by atoms with E-state index >= 15 is 0 Å². The fourth-order valence-electron chi connectivity index (χ4n) is 4.56. The Morgan fingerprint density at radius 3 is 2.36 bits per heavy atom. The Hall–Kier alpha value is -3.74. The van der Waals surface area contributed by atoms with Crippen LogP contribution in [0.1, 0.15) is 25.7 Å². The number of imidazole rings is 1. The molecule has 1 saturated heterocycles. The minimum atomic E-state index is -0.0778. The molecule has 2 aliphatic heterocycles. The summed E-state index contributed by atoms with van der Waals surface area (Å²) in [6.07, 6.45) is 6.46. The molecule has 33 heavy (non-hydrogen) atoms. The number of anilines is 1. The normalized spacial score (nSPS) is 17.2. The molecule has 0 saturated carbocycles. The number of amides is 2. The Bertz CT molecular complexity index is 1150. The van der Waals surface area contributed by atoms with E-state index < -0.39 is 0 Å². The van der Waals surface area contributed by atoms with Crippen molar-refractivity contribution in [1.29, 1.82) is 0 Å². The first-order valence-corrected chi connectivity index (χ1v) is 11.5. The lowest BCUT2D eigenvalue weighted by Gasteiger charge is -2.33. The Labute approximate surface area is 193 Å². The molecule has 0 unspecified atom stereocenters. The first-order chi connectivity index (χ1) is 16.2. The molecule has 1 aromatic heterocycles. The van der Waals surface area contributed by atoms with E-state index in [0.29, 0.717) is 43.2 Å². The van der Waals surface area contributed by atoms with Gasteiger partial charge in [-0.1, -0.05) is 48.5 Å². The van der Waals surface area contributed by atoms with Gasteiger partial charge in [-0.15, -0.1) is 0 Å². The second-order valence-electron chi connectivity index (χ2n) is 8.59. The standard InChI is InChI=1S/C26H27N5O2/c32-24-12-11-23(28-31(24)22-9-5-2-6-10-22)26(33)29-16-13-20(14-17-29)19-30-18-15-27-25(30)21-7-3-1-4-8-21/h1-10,15,18,20H,11-14,16-17,19H2. The first kappa shape index (κ1) is 21.1. The topological polar surface area (TPSA) is 70.8 Å². The number of rotatable bonds is 5. The molecule has 5 rings (SSSR count).